The third kappa shape index (κ3) is 2.72. The number of nitrogens with zero attached hydrogens (tertiary/aromatic N) is 4. The Morgan fingerprint density at radius 3 is 2.82 bits per heavy atom. The highest BCUT2D eigenvalue weighted by Gasteiger charge is 2.31. The summed E-state index contributed by atoms with van der Waals surface area (Å²) in [4.78, 5) is 5.98. The number of fused-ring (bicyclic) bond motifs is 2. The lowest BCUT2D eigenvalue weighted by molar-refractivity contribution is 0.317. The molecular formula is C21H17ClN4OS. The van der Waals surface area contributed by atoms with Crippen LogP contribution in [0.1, 0.15) is 40.6 Å². The molecule has 0 saturated heterocycles. The van der Waals surface area contributed by atoms with E-state index in [4.69, 9.17) is 16.6 Å². The first-order valence-corrected chi connectivity index (χ1v) is 10.3. The fourth-order valence-electron chi connectivity index (χ4n) is 3.91. The summed E-state index contributed by atoms with van der Waals surface area (Å²) in [5.41, 5.74) is 5.84. The minimum absolute atomic E-state index is 0.157. The molecule has 140 valence electrons. The Morgan fingerprint density at radius 1 is 1.21 bits per heavy atom. The molecule has 0 fully saturated rings. The van der Waals surface area contributed by atoms with Crippen molar-refractivity contribution in [3.8, 4) is 10.6 Å². The molecule has 1 atom stereocenters. The molecule has 1 unspecified atom stereocenters. The minimum atomic E-state index is 0.157. The molecule has 0 amide bonds. The van der Waals surface area contributed by atoms with Crippen molar-refractivity contribution in [2.24, 2.45) is 5.16 Å². The van der Waals surface area contributed by atoms with Gasteiger partial charge in [-0.2, -0.15) is 5.10 Å². The molecule has 1 aliphatic rings. The monoisotopic (exact) mass is 408 g/mol. The van der Waals surface area contributed by atoms with Gasteiger partial charge in [0, 0.05) is 17.1 Å². The molecular weight excluding hydrogens is 392 g/mol. The molecule has 0 bridgehead atoms. The summed E-state index contributed by atoms with van der Waals surface area (Å²) in [6.07, 6.45) is 3.51. The summed E-state index contributed by atoms with van der Waals surface area (Å²) in [6.45, 7) is 2.00. The molecule has 0 spiro atoms. The van der Waals surface area contributed by atoms with E-state index in [1.807, 2.05) is 48.0 Å². The van der Waals surface area contributed by atoms with Gasteiger partial charge in [-0.25, -0.2) is 9.50 Å². The molecule has 5 rings (SSSR count). The number of aryl methyl sites for hydroxylation is 1. The fourth-order valence-corrected chi connectivity index (χ4v) is 5.28. The van der Waals surface area contributed by atoms with Crippen molar-refractivity contribution in [1.82, 2.24) is 14.6 Å². The first-order chi connectivity index (χ1) is 13.7. The van der Waals surface area contributed by atoms with E-state index in [0.29, 0.717) is 12.1 Å². The largest absolute Gasteiger partial charge is 0.411 e. The molecule has 28 heavy (non-hydrogen) atoms. The number of rotatable bonds is 2. The van der Waals surface area contributed by atoms with Crippen molar-refractivity contribution in [2.45, 2.75) is 25.7 Å². The van der Waals surface area contributed by atoms with Gasteiger partial charge in [0.1, 0.15) is 5.01 Å². The second-order valence-corrected chi connectivity index (χ2v) is 8.35. The number of thiazole rings is 1. The van der Waals surface area contributed by atoms with Gasteiger partial charge in [-0.15, -0.1) is 11.3 Å². The van der Waals surface area contributed by atoms with Crippen LogP contribution in [0.5, 0.6) is 0 Å². The van der Waals surface area contributed by atoms with Crippen LogP contribution in [-0.4, -0.2) is 25.5 Å². The van der Waals surface area contributed by atoms with Crippen LogP contribution in [0.15, 0.2) is 53.8 Å². The topological polar surface area (TPSA) is 62.8 Å². The van der Waals surface area contributed by atoms with E-state index in [1.54, 1.807) is 11.3 Å². The lowest BCUT2D eigenvalue weighted by Crippen LogP contribution is -2.16. The zero-order chi connectivity index (χ0) is 19.3. The second-order valence-electron chi connectivity index (χ2n) is 6.91. The highest BCUT2D eigenvalue weighted by molar-refractivity contribution is 7.17. The van der Waals surface area contributed by atoms with Gasteiger partial charge in [0.05, 0.1) is 33.1 Å². The number of benzene rings is 1. The SMILES string of the molecule is Cc1nn2ccccc2c1-c1nc2c(s1)/C(=N/O)CCC2c1ccc(Cl)cc1. The molecule has 0 radical (unpaired) electrons. The summed E-state index contributed by atoms with van der Waals surface area (Å²) in [5, 5.41) is 19.3. The van der Waals surface area contributed by atoms with Crippen LogP contribution < -0.4 is 0 Å². The maximum absolute atomic E-state index is 9.53. The Hall–Kier alpha value is -2.70. The maximum Gasteiger partial charge on any atom is 0.128 e. The Kier molecular flexibility index (Phi) is 4.18. The molecule has 0 aliphatic heterocycles. The Labute approximate surface area is 170 Å². The van der Waals surface area contributed by atoms with E-state index in [0.717, 1.165) is 43.8 Å². The fraction of sp³-hybridized carbons (Fsp3) is 0.190. The van der Waals surface area contributed by atoms with Crippen LogP contribution in [0.3, 0.4) is 0 Å². The summed E-state index contributed by atoms with van der Waals surface area (Å²) >= 11 is 7.64. The lowest BCUT2D eigenvalue weighted by Gasteiger charge is -2.22. The average molecular weight is 409 g/mol. The first-order valence-electron chi connectivity index (χ1n) is 9.07. The molecule has 5 nitrogen and oxygen atoms in total. The van der Waals surface area contributed by atoms with Gasteiger partial charge in [0.2, 0.25) is 0 Å². The van der Waals surface area contributed by atoms with Crippen molar-refractivity contribution < 1.29 is 5.21 Å². The van der Waals surface area contributed by atoms with E-state index in [1.165, 1.54) is 5.56 Å². The maximum atomic E-state index is 9.53. The van der Waals surface area contributed by atoms with Crippen LogP contribution in [0, 0.1) is 6.92 Å². The van der Waals surface area contributed by atoms with Crippen LogP contribution >= 0.6 is 22.9 Å². The number of hydrogen-bond acceptors (Lipinski definition) is 5. The zero-order valence-electron chi connectivity index (χ0n) is 15.1. The van der Waals surface area contributed by atoms with Crippen molar-refractivity contribution in [3.05, 3.63) is 75.5 Å². The Morgan fingerprint density at radius 2 is 2.04 bits per heavy atom. The number of halogens is 1. The standard InChI is InChI=1S/C21H17ClN4OS/c1-12-18(17-4-2-3-11-26(17)24-12)21-23-19-15(13-5-7-14(22)8-6-13)9-10-16(25-27)20(19)28-21/h2-8,11,15,27H,9-10H2,1H3/b25-16+. The molecule has 3 heterocycles. The smallest absolute Gasteiger partial charge is 0.128 e. The van der Waals surface area contributed by atoms with E-state index < -0.39 is 0 Å². The predicted octanol–water partition coefficient (Wildman–Crippen LogP) is 5.52. The van der Waals surface area contributed by atoms with Gasteiger partial charge in [0.15, 0.2) is 0 Å². The second kappa shape index (κ2) is 6.72. The predicted molar refractivity (Wildman–Crippen MR) is 112 cm³/mol. The van der Waals surface area contributed by atoms with Crippen LogP contribution in [0.4, 0.5) is 0 Å². The van der Waals surface area contributed by atoms with E-state index in [-0.39, 0.29) is 5.92 Å². The highest BCUT2D eigenvalue weighted by Crippen LogP contribution is 2.43. The van der Waals surface area contributed by atoms with Gasteiger partial charge in [-0.1, -0.05) is 35.0 Å². The number of hydrogen-bond donors (Lipinski definition) is 1. The Balaban J connectivity index is 1.69. The molecule has 0 saturated carbocycles. The number of aromatic nitrogens is 3. The third-order valence-electron chi connectivity index (χ3n) is 5.24. The van der Waals surface area contributed by atoms with E-state index in [2.05, 4.69) is 22.4 Å². The van der Waals surface area contributed by atoms with Gasteiger partial charge >= 0.3 is 0 Å². The van der Waals surface area contributed by atoms with E-state index >= 15 is 0 Å². The summed E-state index contributed by atoms with van der Waals surface area (Å²) in [5.74, 6) is 0.157. The normalized spacial score (nSPS) is 17.9. The van der Waals surface area contributed by atoms with Crippen molar-refractivity contribution in [1.29, 1.82) is 0 Å². The molecule has 7 heteroatoms. The zero-order valence-corrected chi connectivity index (χ0v) is 16.7. The number of pyridine rings is 1. The highest BCUT2D eigenvalue weighted by atomic mass is 35.5. The molecule has 3 aromatic heterocycles. The Bertz CT molecular complexity index is 1210. The third-order valence-corrected chi connectivity index (χ3v) is 6.63. The van der Waals surface area contributed by atoms with Gasteiger partial charge < -0.3 is 5.21 Å². The molecule has 1 aromatic carbocycles. The van der Waals surface area contributed by atoms with Crippen LogP contribution in [0.2, 0.25) is 5.02 Å². The summed E-state index contributed by atoms with van der Waals surface area (Å²) in [6, 6.07) is 13.9. The summed E-state index contributed by atoms with van der Waals surface area (Å²) < 4.78 is 1.88. The van der Waals surface area contributed by atoms with E-state index in [9.17, 15) is 5.21 Å². The number of oxime groups is 1. The quantitative estimate of drug-likeness (QED) is 0.350. The lowest BCUT2D eigenvalue weighted by atomic mass is 9.84. The summed E-state index contributed by atoms with van der Waals surface area (Å²) in [7, 11) is 0. The van der Waals surface area contributed by atoms with Gasteiger partial charge in [0.25, 0.3) is 0 Å². The van der Waals surface area contributed by atoms with Crippen molar-refractivity contribution in [2.75, 3.05) is 0 Å². The molecule has 1 aliphatic carbocycles. The molecule has 1 N–H and O–H groups in total. The van der Waals surface area contributed by atoms with Gasteiger partial charge in [-0.3, -0.25) is 0 Å². The molecule has 4 aromatic rings. The van der Waals surface area contributed by atoms with Gasteiger partial charge in [-0.05, 0) is 49.6 Å². The minimum Gasteiger partial charge on any atom is -0.411 e. The van der Waals surface area contributed by atoms with Crippen molar-refractivity contribution in [3.63, 3.8) is 0 Å². The average Bonchev–Trinajstić information content (AvgIpc) is 3.28. The first kappa shape index (κ1) is 17.4. The van der Waals surface area contributed by atoms with Crippen LogP contribution in [-0.2, 0) is 0 Å². The van der Waals surface area contributed by atoms with Crippen LogP contribution in [0.25, 0.3) is 16.1 Å². The van der Waals surface area contributed by atoms with Crippen molar-refractivity contribution >= 4 is 34.2 Å².